The summed E-state index contributed by atoms with van der Waals surface area (Å²) in [6, 6.07) is 18.0. The first-order valence-electron chi connectivity index (χ1n) is 6.22. The smallest absolute Gasteiger partial charge is 0.141 e. The van der Waals surface area contributed by atoms with Gasteiger partial charge >= 0.3 is 0 Å². The van der Waals surface area contributed by atoms with Crippen LogP contribution in [0.4, 0.5) is 5.69 Å². The van der Waals surface area contributed by atoms with E-state index in [2.05, 4.69) is 39.1 Å². The standard InChI is InChI=1S/C15H16IN3O/c16-12-7-4-8-13(9-12)18-14(10-15(17)19-20)11-5-2-1-3-6-11/h1-9,14,18,20H,10H2,(H2,17,19). The van der Waals surface area contributed by atoms with Gasteiger partial charge in [0.25, 0.3) is 0 Å². The van der Waals surface area contributed by atoms with E-state index in [0.717, 1.165) is 14.8 Å². The number of benzene rings is 2. The summed E-state index contributed by atoms with van der Waals surface area (Å²) in [4.78, 5) is 0. The van der Waals surface area contributed by atoms with Crippen LogP contribution in [0, 0.1) is 3.57 Å². The number of anilines is 1. The van der Waals surface area contributed by atoms with E-state index in [9.17, 15) is 0 Å². The minimum absolute atomic E-state index is 0.0368. The Morgan fingerprint density at radius 1 is 1.20 bits per heavy atom. The molecule has 2 aromatic rings. The molecule has 0 amide bonds. The molecule has 1 unspecified atom stereocenters. The second-order valence-corrected chi connectivity index (χ2v) is 5.66. The van der Waals surface area contributed by atoms with Crippen molar-refractivity contribution in [1.29, 1.82) is 0 Å². The van der Waals surface area contributed by atoms with E-state index in [-0.39, 0.29) is 11.9 Å². The van der Waals surface area contributed by atoms with Crippen LogP contribution in [0.15, 0.2) is 59.8 Å². The molecule has 0 aromatic heterocycles. The highest BCUT2D eigenvalue weighted by atomic mass is 127. The van der Waals surface area contributed by atoms with Gasteiger partial charge in [0, 0.05) is 15.7 Å². The van der Waals surface area contributed by atoms with Crippen LogP contribution in [0.3, 0.4) is 0 Å². The highest BCUT2D eigenvalue weighted by molar-refractivity contribution is 14.1. The third-order valence-corrected chi connectivity index (χ3v) is 3.58. The predicted octanol–water partition coefficient (Wildman–Crippen LogP) is 3.58. The minimum atomic E-state index is -0.0368. The Kier molecular flexibility index (Phi) is 5.23. The monoisotopic (exact) mass is 381 g/mol. The summed E-state index contributed by atoms with van der Waals surface area (Å²) < 4.78 is 1.16. The van der Waals surface area contributed by atoms with Crippen molar-refractivity contribution in [3.8, 4) is 0 Å². The quantitative estimate of drug-likeness (QED) is 0.244. The fourth-order valence-electron chi connectivity index (χ4n) is 1.97. The molecule has 0 fully saturated rings. The van der Waals surface area contributed by atoms with Crippen LogP contribution in [0.2, 0.25) is 0 Å². The Labute approximate surface area is 131 Å². The number of rotatable bonds is 5. The Morgan fingerprint density at radius 3 is 2.60 bits per heavy atom. The molecular weight excluding hydrogens is 365 g/mol. The lowest BCUT2D eigenvalue weighted by molar-refractivity contribution is 0.316. The van der Waals surface area contributed by atoms with Crippen molar-refractivity contribution in [2.45, 2.75) is 12.5 Å². The molecular formula is C15H16IN3O. The molecule has 0 bridgehead atoms. The number of amidine groups is 1. The summed E-state index contributed by atoms with van der Waals surface area (Å²) in [7, 11) is 0. The highest BCUT2D eigenvalue weighted by Crippen LogP contribution is 2.23. The van der Waals surface area contributed by atoms with Crippen LogP contribution in [-0.4, -0.2) is 11.0 Å². The molecule has 0 radical (unpaired) electrons. The van der Waals surface area contributed by atoms with E-state index >= 15 is 0 Å². The van der Waals surface area contributed by atoms with Crippen LogP contribution in [0.25, 0.3) is 0 Å². The van der Waals surface area contributed by atoms with Gasteiger partial charge < -0.3 is 16.3 Å². The fourth-order valence-corrected chi connectivity index (χ4v) is 2.51. The van der Waals surface area contributed by atoms with E-state index < -0.39 is 0 Å². The largest absolute Gasteiger partial charge is 0.409 e. The summed E-state index contributed by atoms with van der Waals surface area (Å²) in [5.41, 5.74) is 7.76. The number of halogens is 1. The summed E-state index contributed by atoms with van der Waals surface area (Å²) in [5.74, 6) is 0.206. The molecule has 104 valence electrons. The van der Waals surface area contributed by atoms with Gasteiger partial charge in [0.05, 0.1) is 6.04 Å². The highest BCUT2D eigenvalue weighted by Gasteiger charge is 2.13. The SMILES string of the molecule is NC(CC(Nc1cccc(I)c1)c1ccccc1)=NO. The molecule has 20 heavy (non-hydrogen) atoms. The Morgan fingerprint density at radius 2 is 1.95 bits per heavy atom. The minimum Gasteiger partial charge on any atom is -0.409 e. The van der Waals surface area contributed by atoms with Crippen molar-refractivity contribution in [2.24, 2.45) is 10.9 Å². The van der Waals surface area contributed by atoms with Crippen molar-refractivity contribution in [3.05, 3.63) is 63.7 Å². The Bertz CT molecular complexity index is 587. The molecule has 0 saturated heterocycles. The normalized spacial score (nSPS) is 12.9. The van der Waals surface area contributed by atoms with Gasteiger partial charge in [0.2, 0.25) is 0 Å². The first kappa shape index (κ1) is 14.6. The van der Waals surface area contributed by atoms with Crippen LogP contribution >= 0.6 is 22.6 Å². The molecule has 4 nitrogen and oxygen atoms in total. The molecule has 0 aliphatic carbocycles. The second kappa shape index (κ2) is 7.14. The predicted molar refractivity (Wildman–Crippen MR) is 90.0 cm³/mol. The summed E-state index contributed by atoms with van der Waals surface area (Å²) in [6.45, 7) is 0. The summed E-state index contributed by atoms with van der Waals surface area (Å²) in [6.07, 6.45) is 0.436. The average molecular weight is 381 g/mol. The lowest BCUT2D eigenvalue weighted by atomic mass is 10.0. The zero-order valence-corrected chi connectivity index (χ0v) is 13.0. The lowest BCUT2D eigenvalue weighted by Crippen LogP contribution is -2.21. The van der Waals surface area contributed by atoms with Crippen molar-refractivity contribution in [1.82, 2.24) is 0 Å². The molecule has 4 N–H and O–H groups in total. The van der Waals surface area contributed by atoms with Crippen LogP contribution in [0.1, 0.15) is 18.0 Å². The molecule has 5 heteroatoms. The molecule has 2 aromatic carbocycles. The van der Waals surface area contributed by atoms with E-state index in [1.807, 2.05) is 48.5 Å². The number of hydrogen-bond donors (Lipinski definition) is 3. The molecule has 0 heterocycles. The number of nitrogens with one attached hydrogen (secondary N) is 1. The molecule has 0 spiro atoms. The number of nitrogens with zero attached hydrogens (tertiary/aromatic N) is 1. The Balaban J connectivity index is 2.23. The van der Waals surface area contributed by atoms with Crippen molar-refractivity contribution in [3.63, 3.8) is 0 Å². The zero-order valence-electron chi connectivity index (χ0n) is 10.8. The molecule has 0 aliphatic heterocycles. The van der Waals surface area contributed by atoms with Gasteiger partial charge in [0.1, 0.15) is 5.84 Å². The van der Waals surface area contributed by atoms with E-state index in [4.69, 9.17) is 10.9 Å². The Hall–Kier alpha value is -1.76. The maximum Gasteiger partial charge on any atom is 0.141 e. The van der Waals surface area contributed by atoms with Crippen LogP contribution < -0.4 is 11.1 Å². The van der Waals surface area contributed by atoms with Crippen molar-refractivity contribution >= 4 is 34.1 Å². The van der Waals surface area contributed by atoms with Gasteiger partial charge in [-0.3, -0.25) is 0 Å². The molecule has 2 rings (SSSR count). The van der Waals surface area contributed by atoms with Gasteiger partial charge in [-0.1, -0.05) is 41.6 Å². The fraction of sp³-hybridized carbons (Fsp3) is 0.133. The van der Waals surface area contributed by atoms with E-state index in [1.54, 1.807) is 0 Å². The maximum atomic E-state index is 8.77. The van der Waals surface area contributed by atoms with E-state index in [0.29, 0.717) is 6.42 Å². The third kappa shape index (κ3) is 4.12. The number of oxime groups is 1. The van der Waals surface area contributed by atoms with E-state index in [1.165, 1.54) is 0 Å². The molecule has 0 aliphatic rings. The first-order valence-corrected chi connectivity index (χ1v) is 7.30. The average Bonchev–Trinajstić information content (AvgIpc) is 2.47. The van der Waals surface area contributed by atoms with Gasteiger partial charge in [-0.2, -0.15) is 0 Å². The third-order valence-electron chi connectivity index (χ3n) is 2.91. The van der Waals surface area contributed by atoms with Crippen LogP contribution in [-0.2, 0) is 0 Å². The lowest BCUT2D eigenvalue weighted by Gasteiger charge is -2.20. The molecule has 0 saturated carbocycles. The zero-order chi connectivity index (χ0) is 14.4. The summed E-state index contributed by atoms with van der Waals surface area (Å²) >= 11 is 2.27. The number of nitrogens with two attached hydrogens (primary N) is 1. The van der Waals surface area contributed by atoms with Crippen molar-refractivity contribution in [2.75, 3.05) is 5.32 Å². The van der Waals surface area contributed by atoms with Gasteiger partial charge in [-0.05, 0) is 46.4 Å². The number of hydrogen-bond acceptors (Lipinski definition) is 3. The van der Waals surface area contributed by atoms with Gasteiger partial charge in [-0.25, -0.2) is 0 Å². The molecule has 1 atom stereocenters. The summed E-state index contributed by atoms with van der Waals surface area (Å²) in [5, 5.41) is 15.3. The van der Waals surface area contributed by atoms with Crippen LogP contribution in [0.5, 0.6) is 0 Å². The van der Waals surface area contributed by atoms with Crippen molar-refractivity contribution < 1.29 is 5.21 Å². The second-order valence-electron chi connectivity index (χ2n) is 4.41. The maximum absolute atomic E-state index is 8.77. The first-order chi connectivity index (χ1) is 9.69. The van der Waals surface area contributed by atoms with Gasteiger partial charge in [-0.15, -0.1) is 0 Å². The topological polar surface area (TPSA) is 70.6 Å². The van der Waals surface area contributed by atoms with Gasteiger partial charge in [0.15, 0.2) is 0 Å².